The van der Waals surface area contributed by atoms with Crippen LogP contribution in [0.15, 0.2) is 54.6 Å². The van der Waals surface area contributed by atoms with Crippen LogP contribution in [0.1, 0.15) is 5.56 Å². The van der Waals surface area contributed by atoms with E-state index in [9.17, 15) is 39.5 Å². The number of hydrogen-bond acceptors (Lipinski definition) is 0. The molecule has 0 fully saturated rings. The van der Waals surface area contributed by atoms with Crippen molar-refractivity contribution >= 4 is 21.5 Å². The second-order valence-electron chi connectivity index (χ2n) is 8.24. The molecule has 5 rings (SSSR count). The molecule has 38 heavy (non-hydrogen) atoms. The fraction of sp³-hybridized carbons (Fsp3) is 0.0370. The van der Waals surface area contributed by atoms with Gasteiger partial charge in [0.05, 0.1) is 5.56 Å². The lowest BCUT2D eigenvalue weighted by atomic mass is 9.85. The first-order valence-electron chi connectivity index (χ1n) is 10.5. The number of benzene rings is 5. The zero-order chi connectivity index (χ0) is 27.7. The summed E-state index contributed by atoms with van der Waals surface area (Å²) in [6.45, 7) is 0. The van der Waals surface area contributed by atoms with Gasteiger partial charge in [-0.15, -0.1) is 0 Å². The molecule has 0 heterocycles. The lowest BCUT2D eigenvalue weighted by Gasteiger charge is -2.20. The molecule has 0 spiro atoms. The second-order valence-corrected chi connectivity index (χ2v) is 8.24. The van der Waals surface area contributed by atoms with Crippen LogP contribution in [0, 0.1) is 46.5 Å². The predicted molar refractivity (Wildman–Crippen MR) is 117 cm³/mol. The quantitative estimate of drug-likeness (QED) is 0.118. The molecule has 0 aliphatic carbocycles. The van der Waals surface area contributed by atoms with Gasteiger partial charge in [-0.25, -0.2) is 35.1 Å². The molecule has 194 valence electrons. The summed E-state index contributed by atoms with van der Waals surface area (Å²) in [5, 5.41) is -1.24. The highest BCUT2D eigenvalue weighted by molar-refractivity contribution is 6.21. The van der Waals surface area contributed by atoms with Crippen LogP contribution in [-0.4, -0.2) is 0 Å². The second kappa shape index (κ2) is 8.71. The standard InChI is InChI=1S/C27H9F11/c28-15-6-5-10(7-16(15)29)19-11-3-1-2-4-12(11)20(14-9-18(31)17(30)8-13(14)19)21-23(32)25(34)22(27(36,37)38)26(35)24(21)33/h1-9H. The van der Waals surface area contributed by atoms with Crippen molar-refractivity contribution in [2.75, 3.05) is 0 Å². The summed E-state index contributed by atoms with van der Waals surface area (Å²) >= 11 is 0. The minimum Gasteiger partial charge on any atom is -0.204 e. The van der Waals surface area contributed by atoms with Gasteiger partial charge in [0.15, 0.2) is 46.5 Å². The summed E-state index contributed by atoms with van der Waals surface area (Å²) in [6, 6.07) is 8.63. The van der Waals surface area contributed by atoms with Crippen LogP contribution in [0.5, 0.6) is 0 Å². The Morgan fingerprint density at radius 3 is 1.39 bits per heavy atom. The van der Waals surface area contributed by atoms with Crippen LogP contribution in [-0.2, 0) is 6.18 Å². The molecule has 0 aliphatic heterocycles. The Balaban J connectivity index is 2.04. The molecule has 0 radical (unpaired) electrons. The van der Waals surface area contributed by atoms with E-state index in [1.54, 1.807) is 0 Å². The molecule has 0 nitrogen and oxygen atoms in total. The normalized spacial score (nSPS) is 12.1. The van der Waals surface area contributed by atoms with E-state index in [4.69, 9.17) is 0 Å². The van der Waals surface area contributed by atoms with E-state index >= 15 is 8.78 Å². The molecular weight excluding hydrogens is 533 g/mol. The van der Waals surface area contributed by atoms with Crippen molar-refractivity contribution in [1.82, 2.24) is 0 Å². The number of hydrogen-bond donors (Lipinski definition) is 0. The summed E-state index contributed by atoms with van der Waals surface area (Å²) in [7, 11) is 0. The third kappa shape index (κ3) is 3.75. The first-order valence-corrected chi connectivity index (χ1v) is 10.5. The minimum atomic E-state index is -5.80. The van der Waals surface area contributed by atoms with Gasteiger partial charge in [-0.1, -0.05) is 30.3 Å². The molecule has 5 aromatic carbocycles. The van der Waals surface area contributed by atoms with Crippen molar-refractivity contribution in [2.45, 2.75) is 6.18 Å². The predicted octanol–water partition coefficient (Wildman–Crippen LogP) is 9.46. The first-order chi connectivity index (χ1) is 17.8. The number of fused-ring (bicyclic) bond motifs is 2. The smallest absolute Gasteiger partial charge is 0.204 e. The van der Waals surface area contributed by atoms with Gasteiger partial charge in [-0.2, -0.15) is 13.2 Å². The lowest BCUT2D eigenvalue weighted by Crippen LogP contribution is -2.16. The Morgan fingerprint density at radius 1 is 0.421 bits per heavy atom. The van der Waals surface area contributed by atoms with E-state index in [1.165, 1.54) is 18.2 Å². The topological polar surface area (TPSA) is 0 Å². The first kappa shape index (κ1) is 25.5. The van der Waals surface area contributed by atoms with Gasteiger partial charge in [0.2, 0.25) is 0 Å². The molecule has 11 heteroatoms. The van der Waals surface area contributed by atoms with Gasteiger partial charge in [-0.05, 0) is 56.9 Å². The van der Waals surface area contributed by atoms with E-state index in [0.29, 0.717) is 12.1 Å². The van der Waals surface area contributed by atoms with E-state index < -0.39 is 74.8 Å². The van der Waals surface area contributed by atoms with Gasteiger partial charge >= 0.3 is 6.18 Å². The van der Waals surface area contributed by atoms with Crippen LogP contribution in [0.2, 0.25) is 0 Å². The molecule has 0 unspecified atom stereocenters. The highest BCUT2D eigenvalue weighted by atomic mass is 19.4. The average molecular weight is 542 g/mol. The average Bonchev–Trinajstić information content (AvgIpc) is 2.85. The highest BCUT2D eigenvalue weighted by Crippen LogP contribution is 2.47. The van der Waals surface area contributed by atoms with Crippen molar-refractivity contribution in [2.24, 2.45) is 0 Å². The van der Waals surface area contributed by atoms with Crippen LogP contribution >= 0.6 is 0 Å². The summed E-state index contributed by atoms with van der Waals surface area (Å²) in [4.78, 5) is 0. The molecule has 0 saturated heterocycles. The van der Waals surface area contributed by atoms with Gasteiger partial charge in [0.25, 0.3) is 0 Å². The van der Waals surface area contributed by atoms with E-state index in [2.05, 4.69) is 0 Å². The summed E-state index contributed by atoms with van der Waals surface area (Å²) in [6.07, 6.45) is -5.80. The maximum atomic E-state index is 15.1. The maximum absolute atomic E-state index is 15.1. The molecule has 0 aliphatic rings. The van der Waals surface area contributed by atoms with Gasteiger partial charge in [-0.3, -0.25) is 0 Å². The molecule has 0 atom stereocenters. The molecule has 5 aromatic rings. The van der Waals surface area contributed by atoms with Gasteiger partial charge in [0.1, 0.15) is 5.56 Å². The van der Waals surface area contributed by atoms with Crippen molar-refractivity contribution < 1.29 is 48.3 Å². The SMILES string of the molecule is Fc1ccc(-c2c3ccccc3c(-c3c(F)c(F)c(C(F)(F)F)c(F)c3F)c3cc(F)c(F)cc23)cc1F. The molecular formula is C27H9F11. The third-order valence-electron chi connectivity index (χ3n) is 6.07. The summed E-state index contributed by atoms with van der Waals surface area (Å²) in [5.74, 6) is -15.9. The molecule has 0 amide bonds. The molecule has 0 bridgehead atoms. The number of alkyl halides is 3. The Kier molecular flexibility index (Phi) is 5.85. The van der Waals surface area contributed by atoms with Gasteiger partial charge < -0.3 is 0 Å². The Morgan fingerprint density at radius 2 is 0.895 bits per heavy atom. The zero-order valence-corrected chi connectivity index (χ0v) is 18.4. The molecule has 0 saturated carbocycles. The number of rotatable bonds is 2. The maximum Gasteiger partial charge on any atom is 0.422 e. The Labute approximate surface area is 205 Å². The van der Waals surface area contributed by atoms with E-state index in [-0.39, 0.29) is 27.3 Å². The Bertz CT molecular complexity index is 1760. The van der Waals surface area contributed by atoms with Crippen molar-refractivity contribution in [1.29, 1.82) is 0 Å². The van der Waals surface area contributed by atoms with Crippen LogP contribution < -0.4 is 0 Å². The van der Waals surface area contributed by atoms with E-state index in [1.807, 2.05) is 0 Å². The summed E-state index contributed by atoms with van der Waals surface area (Å²) in [5.41, 5.74) is -5.36. The van der Waals surface area contributed by atoms with Crippen LogP contribution in [0.25, 0.3) is 43.8 Å². The monoisotopic (exact) mass is 542 g/mol. The largest absolute Gasteiger partial charge is 0.422 e. The molecule has 0 N–H and O–H groups in total. The zero-order valence-electron chi connectivity index (χ0n) is 18.4. The van der Waals surface area contributed by atoms with Gasteiger partial charge in [0, 0.05) is 5.56 Å². The fourth-order valence-electron chi connectivity index (χ4n) is 4.50. The van der Waals surface area contributed by atoms with Crippen molar-refractivity contribution in [3.8, 4) is 22.3 Å². The van der Waals surface area contributed by atoms with Crippen molar-refractivity contribution in [3.63, 3.8) is 0 Å². The minimum absolute atomic E-state index is 0.0495. The lowest BCUT2D eigenvalue weighted by molar-refractivity contribution is -0.143. The van der Waals surface area contributed by atoms with Crippen LogP contribution in [0.3, 0.4) is 0 Å². The molecule has 0 aromatic heterocycles. The summed E-state index contributed by atoms with van der Waals surface area (Å²) < 4.78 is 155. The fourth-order valence-corrected chi connectivity index (χ4v) is 4.50. The van der Waals surface area contributed by atoms with Crippen molar-refractivity contribution in [3.05, 3.63) is 107 Å². The Hall–Kier alpha value is -4.15. The van der Waals surface area contributed by atoms with E-state index in [0.717, 1.165) is 24.3 Å². The third-order valence-corrected chi connectivity index (χ3v) is 6.07. The number of halogens is 11. The highest BCUT2D eigenvalue weighted by Gasteiger charge is 2.43. The van der Waals surface area contributed by atoms with Crippen LogP contribution in [0.4, 0.5) is 48.3 Å².